The second-order valence-corrected chi connectivity index (χ2v) is 4.71. The molecule has 0 N–H and O–H groups in total. The summed E-state index contributed by atoms with van der Waals surface area (Å²) in [5, 5.41) is 2.32. The Bertz CT molecular complexity index is 601. The third-order valence-corrected chi connectivity index (χ3v) is 3.07. The fourth-order valence-corrected chi connectivity index (χ4v) is 2.22. The van der Waals surface area contributed by atoms with Crippen LogP contribution >= 0.6 is 22.6 Å². The van der Waals surface area contributed by atoms with Crippen LogP contribution in [0.15, 0.2) is 34.9 Å². The fraction of sp³-hybridized carbons (Fsp3) is 0.0833. The standard InChI is InChI=1S/C12H8INO/c1-7-2-3-10-8(4-7)9-5-12(13)14-6-11(9)15-10/h2-6H,1H3. The van der Waals surface area contributed by atoms with Crippen molar-refractivity contribution in [1.82, 2.24) is 4.98 Å². The van der Waals surface area contributed by atoms with Crippen LogP contribution in [0.2, 0.25) is 0 Å². The van der Waals surface area contributed by atoms with E-state index in [0.29, 0.717) is 0 Å². The minimum atomic E-state index is 0.857. The van der Waals surface area contributed by atoms with Crippen LogP contribution in [0.3, 0.4) is 0 Å². The number of aryl methyl sites for hydroxylation is 1. The maximum atomic E-state index is 5.70. The van der Waals surface area contributed by atoms with Gasteiger partial charge in [0.2, 0.25) is 0 Å². The molecule has 3 aromatic rings. The summed E-state index contributed by atoms with van der Waals surface area (Å²) in [6, 6.07) is 8.28. The van der Waals surface area contributed by atoms with Gasteiger partial charge in [0.15, 0.2) is 5.58 Å². The Balaban J connectivity index is 2.55. The smallest absolute Gasteiger partial charge is 0.153 e. The van der Waals surface area contributed by atoms with E-state index in [1.165, 1.54) is 10.9 Å². The van der Waals surface area contributed by atoms with Crippen LogP contribution in [0.4, 0.5) is 0 Å². The van der Waals surface area contributed by atoms with Gasteiger partial charge in [0.05, 0.1) is 6.20 Å². The van der Waals surface area contributed by atoms with Gasteiger partial charge in [-0.15, -0.1) is 0 Å². The van der Waals surface area contributed by atoms with E-state index in [1.807, 2.05) is 6.07 Å². The first-order valence-electron chi connectivity index (χ1n) is 4.68. The van der Waals surface area contributed by atoms with Crippen molar-refractivity contribution in [3.63, 3.8) is 0 Å². The summed E-state index contributed by atoms with van der Waals surface area (Å²) in [5.41, 5.74) is 3.03. The van der Waals surface area contributed by atoms with Crippen molar-refractivity contribution >= 4 is 44.5 Å². The quantitative estimate of drug-likeness (QED) is 0.465. The monoisotopic (exact) mass is 309 g/mol. The molecule has 1 aromatic carbocycles. The molecule has 2 aromatic heterocycles. The first-order valence-corrected chi connectivity index (χ1v) is 5.76. The van der Waals surface area contributed by atoms with E-state index in [9.17, 15) is 0 Å². The van der Waals surface area contributed by atoms with Crippen molar-refractivity contribution in [3.05, 3.63) is 39.7 Å². The molecule has 0 radical (unpaired) electrons. The van der Waals surface area contributed by atoms with Crippen LogP contribution in [0.1, 0.15) is 5.56 Å². The Hall–Kier alpha value is -1.10. The number of nitrogens with zero attached hydrogens (tertiary/aromatic N) is 1. The van der Waals surface area contributed by atoms with Crippen molar-refractivity contribution in [1.29, 1.82) is 0 Å². The van der Waals surface area contributed by atoms with Crippen LogP contribution in [-0.4, -0.2) is 4.98 Å². The van der Waals surface area contributed by atoms with Crippen molar-refractivity contribution in [3.8, 4) is 0 Å². The van der Waals surface area contributed by atoms with Gasteiger partial charge in [-0.1, -0.05) is 11.6 Å². The molecule has 74 valence electrons. The minimum Gasteiger partial charge on any atom is -0.454 e. The number of hydrogen-bond donors (Lipinski definition) is 0. The fourth-order valence-electron chi connectivity index (χ4n) is 1.77. The number of aromatic nitrogens is 1. The van der Waals surface area contributed by atoms with Gasteiger partial charge in [0.1, 0.15) is 9.28 Å². The lowest BCUT2D eigenvalue weighted by Gasteiger charge is -1.92. The average molecular weight is 309 g/mol. The maximum Gasteiger partial charge on any atom is 0.153 e. The Labute approximate surface area is 100 Å². The topological polar surface area (TPSA) is 26.0 Å². The minimum absolute atomic E-state index is 0.857. The van der Waals surface area contributed by atoms with E-state index < -0.39 is 0 Å². The molecule has 15 heavy (non-hydrogen) atoms. The maximum absolute atomic E-state index is 5.70. The van der Waals surface area contributed by atoms with E-state index in [-0.39, 0.29) is 0 Å². The number of fused-ring (bicyclic) bond motifs is 3. The molecule has 0 aliphatic carbocycles. The van der Waals surface area contributed by atoms with E-state index in [4.69, 9.17) is 4.42 Å². The van der Waals surface area contributed by atoms with Crippen LogP contribution in [0.5, 0.6) is 0 Å². The molecule has 0 spiro atoms. The summed E-state index contributed by atoms with van der Waals surface area (Å²) >= 11 is 2.21. The molecule has 2 nitrogen and oxygen atoms in total. The number of pyridine rings is 1. The molecule has 0 fully saturated rings. The molecule has 3 rings (SSSR count). The summed E-state index contributed by atoms with van der Waals surface area (Å²) in [6.07, 6.45) is 1.78. The highest BCUT2D eigenvalue weighted by atomic mass is 127. The van der Waals surface area contributed by atoms with Gasteiger partial charge in [-0.25, -0.2) is 4.98 Å². The lowest BCUT2D eigenvalue weighted by Crippen LogP contribution is -1.77. The average Bonchev–Trinajstić information content (AvgIpc) is 2.56. The molecule has 0 bridgehead atoms. The Morgan fingerprint density at radius 3 is 2.80 bits per heavy atom. The highest BCUT2D eigenvalue weighted by Gasteiger charge is 2.07. The molecular formula is C12H8INO. The SMILES string of the molecule is Cc1ccc2oc3cnc(I)cc3c2c1. The van der Waals surface area contributed by atoms with Gasteiger partial charge < -0.3 is 4.42 Å². The molecule has 2 heterocycles. The van der Waals surface area contributed by atoms with E-state index in [2.05, 4.69) is 52.7 Å². The summed E-state index contributed by atoms with van der Waals surface area (Å²) in [4.78, 5) is 4.22. The van der Waals surface area contributed by atoms with Gasteiger partial charge >= 0.3 is 0 Å². The molecule has 0 atom stereocenters. The summed E-state index contributed by atoms with van der Waals surface area (Å²) < 4.78 is 6.69. The summed E-state index contributed by atoms with van der Waals surface area (Å²) in [6.45, 7) is 2.09. The Kier molecular flexibility index (Phi) is 1.95. The largest absolute Gasteiger partial charge is 0.454 e. The van der Waals surface area contributed by atoms with Gasteiger partial charge in [0.25, 0.3) is 0 Å². The summed E-state index contributed by atoms with van der Waals surface area (Å²) in [7, 11) is 0. The molecular weight excluding hydrogens is 301 g/mol. The van der Waals surface area contributed by atoms with Crippen molar-refractivity contribution < 1.29 is 4.42 Å². The van der Waals surface area contributed by atoms with Gasteiger partial charge in [-0.05, 0) is 47.7 Å². The third-order valence-electron chi connectivity index (χ3n) is 2.48. The Morgan fingerprint density at radius 1 is 1.13 bits per heavy atom. The van der Waals surface area contributed by atoms with E-state index >= 15 is 0 Å². The zero-order valence-electron chi connectivity index (χ0n) is 8.12. The Morgan fingerprint density at radius 2 is 1.93 bits per heavy atom. The van der Waals surface area contributed by atoms with Crippen molar-refractivity contribution in [2.24, 2.45) is 0 Å². The predicted molar refractivity (Wildman–Crippen MR) is 69.0 cm³/mol. The first-order chi connectivity index (χ1) is 7.24. The molecule has 0 aliphatic rings. The second-order valence-electron chi connectivity index (χ2n) is 3.60. The van der Waals surface area contributed by atoms with Crippen LogP contribution < -0.4 is 0 Å². The van der Waals surface area contributed by atoms with Crippen LogP contribution in [-0.2, 0) is 0 Å². The number of hydrogen-bond acceptors (Lipinski definition) is 2. The zero-order valence-corrected chi connectivity index (χ0v) is 10.3. The van der Waals surface area contributed by atoms with Crippen LogP contribution in [0.25, 0.3) is 21.9 Å². The van der Waals surface area contributed by atoms with E-state index in [0.717, 1.165) is 20.3 Å². The lowest BCUT2D eigenvalue weighted by atomic mass is 10.1. The highest BCUT2D eigenvalue weighted by Crippen LogP contribution is 2.29. The molecule has 0 saturated carbocycles. The zero-order chi connectivity index (χ0) is 10.4. The lowest BCUT2D eigenvalue weighted by molar-refractivity contribution is 0.666. The highest BCUT2D eigenvalue weighted by molar-refractivity contribution is 14.1. The van der Waals surface area contributed by atoms with Crippen molar-refractivity contribution in [2.45, 2.75) is 6.92 Å². The molecule has 0 saturated heterocycles. The van der Waals surface area contributed by atoms with Gasteiger partial charge in [-0.3, -0.25) is 0 Å². The predicted octanol–water partition coefficient (Wildman–Crippen LogP) is 3.89. The molecule has 0 aliphatic heterocycles. The van der Waals surface area contributed by atoms with E-state index in [1.54, 1.807) is 6.20 Å². The number of rotatable bonds is 0. The number of benzene rings is 1. The molecule has 0 unspecified atom stereocenters. The second kappa shape index (κ2) is 3.20. The third kappa shape index (κ3) is 1.42. The van der Waals surface area contributed by atoms with Gasteiger partial charge in [0, 0.05) is 10.8 Å². The first kappa shape index (κ1) is 9.15. The number of furan rings is 1. The van der Waals surface area contributed by atoms with Crippen molar-refractivity contribution in [2.75, 3.05) is 0 Å². The molecule has 0 amide bonds. The van der Waals surface area contributed by atoms with Crippen LogP contribution in [0, 0.1) is 10.6 Å². The van der Waals surface area contributed by atoms with Gasteiger partial charge in [-0.2, -0.15) is 0 Å². The summed E-state index contributed by atoms with van der Waals surface area (Å²) in [5.74, 6) is 0. The molecule has 3 heteroatoms. The number of halogens is 1. The normalized spacial score (nSPS) is 11.3.